The number of tetrazole rings is 1. The van der Waals surface area contributed by atoms with E-state index in [0.29, 0.717) is 30.4 Å². The molecular formula is C16H21ClFN7O. The summed E-state index contributed by atoms with van der Waals surface area (Å²) in [4.78, 5) is 4.49. The topological polar surface area (TPSA) is 94.6 Å². The number of aryl methyl sites for hydroxylation is 1. The van der Waals surface area contributed by atoms with E-state index in [0.717, 1.165) is 5.56 Å². The average Bonchev–Trinajstić information content (AvgIpc) is 3.22. The summed E-state index contributed by atoms with van der Waals surface area (Å²) in [5.41, 5.74) is 0.795. The Kier molecular flexibility index (Phi) is 6.76. The molecule has 2 aromatic heterocycles. The average molecular weight is 382 g/mol. The number of hydrogen-bond donors (Lipinski definition) is 1. The van der Waals surface area contributed by atoms with E-state index in [1.54, 1.807) is 17.7 Å². The van der Waals surface area contributed by atoms with Crippen LogP contribution in [0.1, 0.15) is 36.1 Å². The number of aromatic nitrogens is 6. The Morgan fingerprint density at radius 3 is 2.77 bits per heavy atom. The highest BCUT2D eigenvalue weighted by atomic mass is 35.5. The molecule has 2 unspecified atom stereocenters. The van der Waals surface area contributed by atoms with E-state index in [-0.39, 0.29) is 24.3 Å². The van der Waals surface area contributed by atoms with Crippen molar-refractivity contribution in [3.05, 3.63) is 53.2 Å². The standard InChI is InChI=1S/C16H20FN7O.ClH/c1-10(18-3)7-15-19-16(25-21-15)14(24-11(2)20-22-23-24)9-12-5-4-6-13(17)8-12;/h4-6,8,10,14,18H,7,9H2,1-3H3;1H. The van der Waals surface area contributed by atoms with Crippen LogP contribution in [0.3, 0.4) is 0 Å². The third kappa shape index (κ3) is 4.61. The third-order valence-electron chi connectivity index (χ3n) is 4.02. The van der Waals surface area contributed by atoms with Gasteiger partial charge in [0.05, 0.1) is 0 Å². The van der Waals surface area contributed by atoms with Crippen LogP contribution >= 0.6 is 12.4 Å². The van der Waals surface area contributed by atoms with Gasteiger partial charge in [-0.2, -0.15) is 4.98 Å². The third-order valence-corrected chi connectivity index (χ3v) is 4.02. The summed E-state index contributed by atoms with van der Waals surface area (Å²) in [6.07, 6.45) is 1.08. The zero-order chi connectivity index (χ0) is 17.8. The molecule has 3 aromatic rings. The monoisotopic (exact) mass is 381 g/mol. The van der Waals surface area contributed by atoms with Gasteiger partial charge in [0.25, 0.3) is 5.89 Å². The lowest BCUT2D eigenvalue weighted by molar-refractivity contribution is 0.316. The van der Waals surface area contributed by atoms with Crippen molar-refractivity contribution in [1.29, 1.82) is 0 Å². The van der Waals surface area contributed by atoms with Crippen LogP contribution in [0, 0.1) is 12.7 Å². The zero-order valence-corrected chi connectivity index (χ0v) is 15.6. The molecule has 1 N–H and O–H groups in total. The second kappa shape index (κ2) is 8.81. The number of rotatable bonds is 7. The number of hydrogen-bond acceptors (Lipinski definition) is 7. The Balaban J connectivity index is 0.00000243. The summed E-state index contributed by atoms with van der Waals surface area (Å²) in [5, 5.41) is 18.8. The number of nitrogens with one attached hydrogen (secondary N) is 1. The molecule has 0 amide bonds. The van der Waals surface area contributed by atoms with E-state index < -0.39 is 6.04 Å². The number of benzene rings is 1. The van der Waals surface area contributed by atoms with Crippen LogP contribution in [0.15, 0.2) is 28.8 Å². The first-order valence-corrected chi connectivity index (χ1v) is 8.05. The summed E-state index contributed by atoms with van der Waals surface area (Å²) in [5.74, 6) is 1.33. The molecule has 8 nitrogen and oxygen atoms in total. The van der Waals surface area contributed by atoms with Gasteiger partial charge in [-0.3, -0.25) is 0 Å². The molecule has 0 saturated carbocycles. The van der Waals surface area contributed by atoms with Crippen molar-refractivity contribution in [2.24, 2.45) is 0 Å². The first-order valence-electron chi connectivity index (χ1n) is 8.05. The molecule has 0 aliphatic rings. The molecule has 0 aliphatic carbocycles. The van der Waals surface area contributed by atoms with Gasteiger partial charge in [0, 0.05) is 18.9 Å². The highest BCUT2D eigenvalue weighted by Gasteiger charge is 2.25. The number of halogens is 2. The predicted molar refractivity (Wildman–Crippen MR) is 94.6 cm³/mol. The second-order valence-electron chi connectivity index (χ2n) is 5.96. The van der Waals surface area contributed by atoms with Crippen LogP contribution in [-0.4, -0.2) is 43.4 Å². The van der Waals surface area contributed by atoms with Crippen molar-refractivity contribution in [2.45, 2.75) is 38.8 Å². The first kappa shape index (κ1) is 19.9. The van der Waals surface area contributed by atoms with Crippen molar-refractivity contribution in [2.75, 3.05) is 7.05 Å². The molecule has 1 aromatic carbocycles. The largest absolute Gasteiger partial charge is 0.337 e. The fourth-order valence-corrected chi connectivity index (χ4v) is 2.55. The molecular weight excluding hydrogens is 361 g/mol. The molecule has 140 valence electrons. The van der Waals surface area contributed by atoms with E-state index in [1.807, 2.05) is 20.0 Å². The van der Waals surface area contributed by atoms with Crippen LogP contribution in [0.25, 0.3) is 0 Å². The van der Waals surface area contributed by atoms with Gasteiger partial charge in [-0.05, 0) is 49.0 Å². The van der Waals surface area contributed by atoms with Crippen molar-refractivity contribution < 1.29 is 8.91 Å². The first-order chi connectivity index (χ1) is 12.1. The Morgan fingerprint density at radius 1 is 1.31 bits per heavy atom. The molecule has 0 radical (unpaired) electrons. The normalized spacial score (nSPS) is 13.2. The molecule has 0 spiro atoms. The molecule has 0 saturated heterocycles. The SMILES string of the molecule is CNC(C)Cc1noc(C(Cc2cccc(F)c2)n2nnnc2C)n1.Cl. The van der Waals surface area contributed by atoms with Gasteiger partial charge in [0.15, 0.2) is 5.82 Å². The van der Waals surface area contributed by atoms with E-state index >= 15 is 0 Å². The summed E-state index contributed by atoms with van der Waals surface area (Å²) in [6, 6.07) is 6.22. The molecule has 3 rings (SSSR count). The quantitative estimate of drug-likeness (QED) is 0.667. The van der Waals surface area contributed by atoms with Gasteiger partial charge in [0.1, 0.15) is 17.7 Å². The van der Waals surface area contributed by atoms with Crippen molar-refractivity contribution in [3.63, 3.8) is 0 Å². The fourth-order valence-electron chi connectivity index (χ4n) is 2.55. The van der Waals surface area contributed by atoms with E-state index in [1.165, 1.54) is 12.1 Å². The van der Waals surface area contributed by atoms with E-state index in [4.69, 9.17) is 4.52 Å². The maximum Gasteiger partial charge on any atom is 0.251 e. The van der Waals surface area contributed by atoms with Gasteiger partial charge < -0.3 is 9.84 Å². The maximum atomic E-state index is 13.5. The minimum Gasteiger partial charge on any atom is -0.337 e. The Hall–Kier alpha value is -2.39. The molecule has 0 aliphatic heterocycles. The van der Waals surface area contributed by atoms with Crippen LogP contribution in [-0.2, 0) is 12.8 Å². The fraction of sp³-hybridized carbons (Fsp3) is 0.438. The zero-order valence-electron chi connectivity index (χ0n) is 14.8. The summed E-state index contributed by atoms with van der Waals surface area (Å²) >= 11 is 0. The summed E-state index contributed by atoms with van der Waals surface area (Å²) < 4.78 is 20.6. The summed E-state index contributed by atoms with van der Waals surface area (Å²) in [7, 11) is 1.88. The summed E-state index contributed by atoms with van der Waals surface area (Å²) in [6.45, 7) is 3.82. The second-order valence-corrected chi connectivity index (χ2v) is 5.96. The molecule has 2 atom stereocenters. The van der Waals surface area contributed by atoms with Gasteiger partial charge in [-0.25, -0.2) is 9.07 Å². The molecule has 2 heterocycles. The van der Waals surface area contributed by atoms with Crippen LogP contribution < -0.4 is 5.32 Å². The van der Waals surface area contributed by atoms with E-state index in [2.05, 4.69) is 31.0 Å². The lowest BCUT2D eigenvalue weighted by Gasteiger charge is -2.13. The van der Waals surface area contributed by atoms with E-state index in [9.17, 15) is 4.39 Å². The van der Waals surface area contributed by atoms with Gasteiger partial charge >= 0.3 is 0 Å². The van der Waals surface area contributed by atoms with Crippen LogP contribution in [0.5, 0.6) is 0 Å². The predicted octanol–water partition coefficient (Wildman–Crippen LogP) is 1.91. The Morgan fingerprint density at radius 2 is 2.12 bits per heavy atom. The van der Waals surface area contributed by atoms with Crippen molar-refractivity contribution in [1.82, 2.24) is 35.7 Å². The molecule has 26 heavy (non-hydrogen) atoms. The molecule has 0 bridgehead atoms. The number of likely N-dealkylation sites (N-methyl/N-ethyl adjacent to an activating group) is 1. The lowest BCUT2D eigenvalue weighted by atomic mass is 10.1. The number of nitrogens with zero attached hydrogens (tertiary/aromatic N) is 6. The minimum atomic E-state index is -0.400. The van der Waals surface area contributed by atoms with Gasteiger partial charge in [0.2, 0.25) is 0 Å². The smallest absolute Gasteiger partial charge is 0.251 e. The molecule has 10 heteroatoms. The van der Waals surface area contributed by atoms with Crippen molar-refractivity contribution in [3.8, 4) is 0 Å². The maximum absolute atomic E-state index is 13.5. The van der Waals surface area contributed by atoms with Crippen LogP contribution in [0.2, 0.25) is 0 Å². The van der Waals surface area contributed by atoms with Gasteiger partial charge in [-0.1, -0.05) is 17.3 Å². The van der Waals surface area contributed by atoms with Crippen LogP contribution in [0.4, 0.5) is 4.39 Å². The van der Waals surface area contributed by atoms with Crippen molar-refractivity contribution >= 4 is 12.4 Å². The highest BCUT2D eigenvalue weighted by molar-refractivity contribution is 5.85. The minimum absolute atomic E-state index is 0. The Bertz CT molecular complexity index is 837. The molecule has 0 fully saturated rings. The Labute approximate surface area is 156 Å². The van der Waals surface area contributed by atoms with Gasteiger partial charge in [-0.15, -0.1) is 17.5 Å². The lowest BCUT2D eigenvalue weighted by Crippen LogP contribution is -2.24. The highest BCUT2D eigenvalue weighted by Crippen LogP contribution is 2.22.